The van der Waals surface area contributed by atoms with Crippen LogP contribution < -0.4 is 11.1 Å². The average Bonchev–Trinajstić information content (AvgIpc) is 2.78. The highest BCUT2D eigenvalue weighted by Crippen LogP contribution is 2.30. The molecule has 0 saturated carbocycles. The summed E-state index contributed by atoms with van der Waals surface area (Å²) in [7, 11) is 1.22. The summed E-state index contributed by atoms with van der Waals surface area (Å²) in [6.07, 6.45) is 0.393. The number of nitrogens with zero attached hydrogens (tertiary/aromatic N) is 2. The van der Waals surface area contributed by atoms with Crippen LogP contribution in [0.2, 0.25) is 0 Å². The monoisotopic (exact) mass is 370 g/mol. The number of urea groups is 1. The van der Waals surface area contributed by atoms with E-state index < -0.39 is 34.9 Å². The summed E-state index contributed by atoms with van der Waals surface area (Å²) in [6.45, 7) is 5.47. The van der Waals surface area contributed by atoms with E-state index in [9.17, 15) is 19.2 Å². The van der Waals surface area contributed by atoms with Gasteiger partial charge in [0.05, 0.1) is 6.54 Å². The number of likely N-dealkylation sites (tertiary alicyclic amines) is 1. The first-order chi connectivity index (χ1) is 12.0. The van der Waals surface area contributed by atoms with Crippen molar-refractivity contribution in [1.29, 1.82) is 0 Å². The van der Waals surface area contributed by atoms with E-state index in [2.05, 4.69) is 5.32 Å². The zero-order valence-corrected chi connectivity index (χ0v) is 15.5. The van der Waals surface area contributed by atoms with Crippen molar-refractivity contribution in [2.75, 3.05) is 26.7 Å². The predicted octanol–water partition coefficient (Wildman–Crippen LogP) is -0.192. The first-order valence-electron chi connectivity index (χ1n) is 8.38. The van der Waals surface area contributed by atoms with Crippen LogP contribution in [0.3, 0.4) is 0 Å². The maximum atomic E-state index is 12.8. The van der Waals surface area contributed by atoms with Crippen LogP contribution in [0, 0.1) is 0 Å². The Bertz CT molecular complexity index is 608. The van der Waals surface area contributed by atoms with Crippen molar-refractivity contribution in [2.24, 2.45) is 5.73 Å². The van der Waals surface area contributed by atoms with Gasteiger partial charge in [-0.2, -0.15) is 0 Å². The SMILES string of the molecule is COC(N)(C=O)CN1C(=O)NC2(CCN(C(=O)OC(C)(C)C)CC2)C1=O. The van der Waals surface area contributed by atoms with Crippen molar-refractivity contribution in [3.05, 3.63) is 0 Å². The standard InChI is InChI=1S/C16H26N4O6/c1-14(2,3)26-13(24)19-7-5-15(6-8-19)11(22)20(12(23)18-15)9-16(17,10-21)25-4/h10H,5-9,17H2,1-4H3,(H,18,23). The summed E-state index contributed by atoms with van der Waals surface area (Å²) in [5, 5.41) is 2.68. The van der Waals surface area contributed by atoms with Crippen LogP contribution in [0.1, 0.15) is 33.6 Å². The number of ether oxygens (including phenoxy) is 2. The lowest BCUT2D eigenvalue weighted by Gasteiger charge is -2.38. The summed E-state index contributed by atoms with van der Waals surface area (Å²) < 4.78 is 10.2. The molecule has 0 aromatic carbocycles. The van der Waals surface area contributed by atoms with Gasteiger partial charge in [0.25, 0.3) is 5.91 Å². The molecule has 1 spiro atoms. The molecule has 2 fully saturated rings. The Balaban J connectivity index is 2.05. The normalized spacial score (nSPS) is 22.2. The number of amides is 4. The van der Waals surface area contributed by atoms with Crippen molar-refractivity contribution >= 4 is 24.3 Å². The van der Waals surface area contributed by atoms with Crippen molar-refractivity contribution in [3.63, 3.8) is 0 Å². The van der Waals surface area contributed by atoms with Crippen molar-refractivity contribution in [3.8, 4) is 0 Å². The molecular formula is C16H26N4O6. The number of hydrogen-bond donors (Lipinski definition) is 2. The smallest absolute Gasteiger partial charge is 0.410 e. The zero-order valence-electron chi connectivity index (χ0n) is 15.5. The van der Waals surface area contributed by atoms with Crippen LogP contribution in [0.4, 0.5) is 9.59 Å². The minimum atomic E-state index is -1.75. The second kappa shape index (κ2) is 6.84. The van der Waals surface area contributed by atoms with E-state index in [1.54, 1.807) is 20.8 Å². The van der Waals surface area contributed by atoms with Crippen LogP contribution in [0.5, 0.6) is 0 Å². The number of nitrogens with two attached hydrogens (primary N) is 1. The highest BCUT2D eigenvalue weighted by Gasteiger charge is 2.54. The molecule has 2 saturated heterocycles. The molecule has 0 aliphatic carbocycles. The van der Waals surface area contributed by atoms with Crippen molar-refractivity contribution < 1.29 is 28.7 Å². The second-order valence-corrected chi connectivity index (χ2v) is 7.65. The van der Waals surface area contributed by atoms with Crippen LogP contribution in [-0.2, 0) is 19.1 Å². The van der Waals surface area contributed by atoms with E-state index in [0.717, 1.165) is 4.90 Å². The van der Waals surface area contributed by atoms with E-state index in [-0.39, 0.29) is 32.5 Å². The number of imide groups is 1. The number of methoxy groups -OCH3 is 1. The van der Waals surface area contributed by atoms with Crippen molar-refractivity contribution in [1.82, 2.24) is 15.1 Å². The number of nitrogens with one attached hydrogen (secondary N) is 1. The minimum Gasteiger partial charge on any atom is -0.444 e. The molecule has 2 aliphatic rings. The van der Waals surface area contributed by atoms with Gasteiger partial charge >= 0.3 is 12.1 Å². The topological polar surface area (TPSA) is 131 Å². The Kier molecular flexibility index (Phi) is 5.29. The Hall–Kier alpha value is -2.20. The Morgan fingerprint density at radius 3 is 2.35 bits per heavy atom. The number of rotatable bonds is 4. The fourth-order valence-corrected chi connectivity index (χ4v) is 2.95. The first kappa shape index (κ1) is 20.1. The summed E-state index contributed by atoms with van der Waals surface area (Å²) in [5.74, 6) is -0.472. The van der Waals surface area contributed by atoms with Crippen molar-refractivity contribution in [2.45, 2.75) is 50.5 Å². The minimum absolute atomic E-state index is 0.249. The number of piperidine rings is 1. The first-order valence-corrected chi connectivity index (χ1v) is 8.38. The summed E-state index contributed by atoms with van der Waals surface area (Å²) in [4.78, 5) is 50.6. The molecule has 146 valence electrons. The third-order valence-electron chi connectivity index (χ3n) is 4.50. The average molecular weight is 370 g/mol. The molecule has 0 bridgehead atoms. The van der Waals surface area contributed by atoms with Gasteiger partial charge in [-0.25, -0.2) is 9.59 Å². The highest BCUT2D eigenvalue weighted by molar-refractivity contribution is 6.07. The highest BCUT2D eigenvalue weighted by atomic mass is 16.6. The van der Waals surface area contributed by atoms with Gasteiger partial charge < -0.3 is 19.7 Å². The third-order valence-corrected chi connectivity index (χ3v) is 4.50. The lowest BCUT2D eigenvalue weighted by atomic mass is 9.87. The van der Waals surface area contributed by atoms with Gasteiger partial charge in [-0.1, -0.05) is 0 Å². The maximum Gasteiger partial charge on any atom is 0.410 e. The maximum absolute atomic E-state index is 12.8. The number of carbonyl (C=O) groups excluding carboxylic acids is 4. The van der Waals surface area contributed by atoms with Gasteiger partial charge in [0.15, 0.2) is 12.0 Å². The van der Waals surface area contributed by atoms with Gasteiger partial charge in [-0.3, -0.25) is 20.2 Å². The summed E-state index contributed by atoms with van der Waals surface area (Å²) in [5.41, 5.74) is 2.24. The third kappa shape index (κ3) is 3.96. The lowest BCUT2D eigenvalue weighted by Crippen LogP contribution is -2.57. The zero-order chi connectivity index (χ0) is 19.8. The molecule has 0 aromatic heterocycles. The molecular weight excluding hydrogens is 344 g/mol. The molecule has 4 amide bonds. The van der Waals surface area contributed by atoms with E-state index in [1.165, 1.54) is 12.0 Å². The molecule has 10 nitrogen and oxygen atoms in total. The fourth-order valence-electron chi connectivity index (χ4n) is 2.95. The molecule has 1 atom stereocenters. The molecule has 0 aromatic rings. The molecule has 26 heavy (non-hydrogen) atoms. The predicted molar refractivity (Wildman–Crippen MR) is 90.0 cm³/mol. The molecule has 2 rings (SSSR count). The Morgan fingerprint density at radius 2 is 1.88 bits per heavy atom. The summed E-state index contributed by atoms with van der Waals surface area (Å²) >= 11 is 0. The molecule has 1 unspecified atom stereocenters. The second-order valence-electron chi connectivity index (χ2n) is 7.65. The van der Waals surface area contributed by atoms with E-state index in [0.29, 0.717) is 6.29 Å². The van der Waals surface area contributed by atoms with Gasteiger partial charge in [0.2, 0.25) is 0 Å². The number of hydrogen-bond acceptors (Lipinski definition) is 7. The Labute approximate surface area is 151 Å². The van der Waals surface area contributed by atoms with Crippen LogP contribution in [-0.4, -0.2) is 77.7 Å². The van der Waals surface area contributed by atoms with Crippen LogP contribution >= 0.6 is 0 Å². The van der Waals surface area contributed by atoms with Gasteiger partial charge in [0.1, 0.15) is 11.1 Å². The molecule has 3 N–H and O–H groups in total. The number of carbonyl (C=O) groups is 4. The molecule has 2 heterocycles. The van der Waals surface area contributed by atoms with Crippen LogP contribution in [0.25, 0.3) is 0 Å². The Morgan fingerprint density at radius 1 is 1.31 bits per heavy atom. The molecule has 0 radical (unpaired) electrons. The largest absolute Gasteiger partial charge is 0.444 e. The number of aldehydes is 1. The molecule has 2 aliphatic heterocycles. The van der Waals surface area contributed by atoms with E-state index >= 15 is 0 Å². The van der Waals surface area contributed by atoms with Gasteiger partial charge in [-0.15, -0.1) is 0 Å². The quantitative estimate of drug-likeness (QED) is 0.398. The van der Waals surface area contributed by atoms with Crippen LogP contribution in [0.15, 0.2) is 0 Å². The van der Waals surface area contributed by atoms with Gasteiger partial charge in [0, 0.05) is 20.2 Å². The molecule has 10 heteroatoms. The van der Waals surface area contributed by atoms with E-state index in [4.69, 9.17) is 15.2 Å². The lowest BCUT2D eigenvalue weighted by molar-refractivity contribution is -0.139. The summed E-state index contributed by atoms with van der Waals surface area (Å²) in [6, 6.07) is -0.630. The van der Waals surface area contributed by atoms with E-state index in [1.807, 2.05) is 0 Å². The van der Waals surface area contributed by atoms with Gasteiger partial charge in [-0.05, 0) is 33.6 Å². The fraction of sp³-hybridized carbons (Fsp3) is 0.750.